The van der Waals surface area contributed by atoms with E-state index in [4.69, 9.17) is 0 Å². The molecule has 0 aliphatic carbocycles. The molecule has 3 heteroatoms. The van der Waals surface area contributed by atoms with Crippen LogP contribution >= 0.6 is 0 Å². The summed E-state index contributed by atoms with van der Waals surface area (Å²) >= 11 is 0. The Morgan fingerprint density at radius 1 is 0.654 bits per heavy atom. The lowest BCUT2D eigenvalue weighted by Gasteiger charge is -2.22. The molecule has 0 aliphatic heterocycles. The molecular weight excluding hydrogens is 318 g/mol. The Balaban J connectivity index is 1.64. The van der Waals surface area contributed by atoms with E-state index in [0.29, 0.717) is 0 Å². The van der Waals surface area contributed by atoms with Crippen molar-refractivity contribution >= 4 is 0 Å². The Hall–Kier alpha value is -2.52. The Morgan fingerprint density at radius 2 is 1.19 bits per heavy atom. The smallest absolute Gasteiger partial charge is 0.0419 e. The van der Waals surface area contributed by atoms with Crippen molar-refractivity contribution in [3.05, 3.63) is 95.1 Å². The topological polar surface area (TPSA) is 29.0 Å². The lowest BCUT2D eigenvalue weighted by molar-refractivity contribution is 0.270. The molecule has 3 aromatic rings. The summed E-state index contributed by atoms with van der Waals surface area (Å²) in [4.78, 5) is 11.8. The number of benzene rings is 1. The maximum absolute atomic E-state index is 4.64. The first-order valence-corrected chi connectivity index (χ1v) is 9.30. The van der Waals surface area contributed by atoms with Gasteiger partial charge in [0.25, 0.3) is 0 Å². The Bertz CT molecular complexity index is 765. The quantitative estimate of drug-likeness (QED) is 0.607. The monoisotopic (exact) mass is 345 g/mol. The van der Waals surface area contributed by atoms with Crippen molar-refractivity contribution in [1.29, 1.82) is 0 Å². The fraction of sp³-hybridized carbons (Fsp3) is 0.304. The molecule has 1 aromatic carbocycles. The highest BCUT2D eigenvalue weighted by Crippen LogP contribution is 2.09. The van der Waals surface area contributed by atoms with Crippen LogP contribution in [0.15, 0.2) is 66.7 Å². The van der Waals surface area contributed by atoms with Gasteiger partial charge in [-0.2, -0.15) is 0 Å². The molecule has 0 amide bonds. The summed E-state index contributed by atoms with van der Waals surface area (Å²) in [5.41, 5.74) is 5.84. The van der Waals surface area contributed by atoms with Crippen LogP contribution in [0.5, 0.6) is 0 Å². The first kappa shape index (κ1) is 18.3. The van der Waals surface area contributed by atoms with Gasteiger partial charge in [-0.15, -0.1) is 0 Å². The van der Waals surface area contributed by atoms with Crippen LogP contribution in [0.2, 0.25) is 0 Å². The van der Waals surface area contributed by atoms with Gasteiger partial charge < -0.3 is 0 Å². The largest absolute Gasteiger partial charge is 0.298 e. The normalized spacial score (nSPS) is 11.0. The average molecular weight is 345 g/mol. The van der Waals surface area contributed by atoms with Gasteiger partial charge in [0.15, 0.2) is 0 Å². The molecule has 3 nitrogen and oxygen atoms in total. The second-order valence-electron chi connectivity index (χ2n) is 6.80. The van der Waals surface area contributed by atoms with Crippen molar-refractivity contribution in [3.8, 4) is 0 Å². The highest BCUT2D eigenvalue weighted by atomic mass is 15.1. The number of hydrogen-bond donors (Lipinski definition) is 0. The molecular formula is C23H27N3. The van der Waals surface area contributed by atoms with Crippen LogP contribution < -0.4 is 0 Å². The molecule has 0 atom stereocenters. The molecule has 0 aliphatic rings. The first-order valence-electron chi connectivity index (χ1n) is 9.30. The van der Waals surface area contributed by atoms with E-state index < -0.39 is 0 Å². The fourth-order valence-electron chi connectivity index (χ4n) is 3.13. The molecule has 0 unspecified atom stereocenters. The van der Waals surface area contributed by atoms with E-state index in [9.17, 15) is 0 Å². The molecule has 0 saturated carbocycles. The van der Waals surface area contributed by atoms with E-state index in [0.717, 1.165) is 55.3 Å². The van der Waals surface area contributed by atoms with Crippen LogP contribution in [0.1, 0.15) is 28.3 Å². The van der Waals surface area contributed by atoms with Crippen molar-refractivity contribution in [3.63, 3.8) is 0 Å². The lowest BCUT2D eigenvalue weighted by atomic mass is 10.1. The van der Waals surface area contributed by atoms with Gasteiger partial charge >= 0.3 is 0 Å². The number of nitrogens with zero attached hydrogens (tertiary/aromatic N) is 3. The van der Waals surface area contributed by atoms with Gasteiger partial charge in [-0.25, -0.2) is 0 Å². The van der Waals surface area contributed by atoms with E-state index in [-0.39, 0.29) is 0 Å². The number of aryl methyl sites for hydroxylation is 2. The first-order chi connectivity index (χ1) is 12.7. The molecule has 3 rings (SSSR count). The number of pyridine rings is 2. The van der Waals surface area contributed by atoms with Gasteiger partial charge in [0.1, 0.15) is 0 Å². The van der Waals surface area contributed by atoms with Crippen molar-refractivity contribution in [2.75, 3.05) is 13.1 Å². The maximum Gasteiger partial charge on any atom is 0.0419 e. The van der Waals surface area contributed by atoms with Crippen LogP contribution in [-0.2, 0) is 19.4 Å². The summed E-state index contributed by atoms with van der Waals surface area (Å²) in [5, 5.41) is 0. The molecule has 2 aromatic heterocycles. The average Bonchev–Trinajstić information content (AvgIpc) is 2.65. The highest BCUT2D eigenvalue weighted by Gasteiger charge is 2.08. The highest BCUT2D eigenvalue weighted by molar-refractivity contribution is 5.15. The Labute approximate surface area is 156 Å². The Kier molecular flexibility index (Phi) is 6.50. The third-order valence-corrected chi connectivity index (χ3v) is 4.51. The molecule has 0 bridgehead atoms. The molecule has 2 heterocycles. The third-order valence-electron chi connectivity index (χ3n) is 4.51. The molecule has 0 radical (unpaired) electrons. The van der Waals surface area contributed by atoms with Crippen LogP contribution in [0, 0.1) is 13.8 Å². The summed E-state index contributed by atoms with van der Waals surface area (Å²) in [6.07, 6.45) is 1.94. The summed E-state index contributed by atoms with van der Waals surface area (Å²) in [7, 11) is 0. The van der Waals surface area contributed by atoms with Crippen LogP contribution in [0.3, 0.4) is 0 Å². The van der Waals surface area contributed by atoms with Crippen LogP contribution in [0.25, 0.3) is 0 Å². The number of aromatic nitrogens is 2. The van der Waals surface area contributed by atoms with Gasteiger partial charge in [-0.1, -0.05) is 42.5 Å². The minimum atomic E-state index is 0.957. The van der Waals surface area contributed by atoms with E-state index >= 15 is 0 Å². The van der Waals surface area contributed by atoms with Crippen LogP contribution in [-0.4, -0.2) is 28.0 Å². The number of rotatable bonds is 8. The summed E-state index contributed by atoms with van der Waals surface area (Å²) in [6.45, 7) is 7.05. The third kappa shape index (κ3) is 5.78. The lowest BCUT2D eigenvalue weighted by Crippen LogP contribution is -2.28. The molecule has 134 valence electrons. The zero-order valence-electron chi connectivity index (χ0n) is 15.7. The summed E-state index contributed by atoms with van der Waals surface area (Å²) < 4.78 is 0. The SMILES string of the molecule is Cc1cccc(CCN(CCc2cccc(C)n2)Cc2ccccc2)n1. The zero-order chi connectivity index (χ0) is 18.2. The fourth-order valence-corrected chi connectivity index (χ4v) is 3.13. The van der Waals surface area contributed by atoms with E-state index in [1.807, 2.05) is 0 Å². The summed E-state index contributed by atoms with van der Waals surface area (Å²) in [5.74, 6) is 0. The minimum absolute atomic E-state index is 0.957. The molecule has 0 saturated heterocycles. The molecule has 26 heavy (non-hydrogen) atoms. The zero-order valence-corrected chi connectivity index (χ0v) is 15.7. The van der Waals surface area contributed by atoms with E-state index in [2.05, 4.69) is 95.4 Å². The van der Waals surface area contributed by atoms with Crippen molar-refractivity contribution in [2.45, 2.75) is 33.2 Å². The van der Waals surface area contributed by atoms with Gasteiger partial charge in [0, 0.05) is 55.3 Å². The van der Waals surface area contributed by atoms with Crippen LogP contribution in [0.4, 0.5) is 0 Å². The van der Waals surface area contributed by atoms with Crippen molar-refractivity contribution < 1.29 is 0 Å². The van der Waals surface area contributed by atoms with Gasteiger partial charge in [-0.3, -0.25) is 14.9 Å². The Morgan fingerprint density at radius 3 is 1.69 bits per heavy atom. The second kappa shape index (κ2) is 9.25. The van der Waals surface area contributed by atoms with E-state index in [1.54, 1.807) is 0 Å². The van der Waals surface area contributed by atoms with E-state index in [1.165, 1.54) is 5.56 Å². The predicted octanol–water partition coefficient (Wildman–Crippen LogP) is 4.38. The van der Waals surface area contributed by atoms with Crippen molar-refractivity contribution in [1.82, 2.24) is 14.9 Å². The van der Waals surface area contributed by atoms with Crippen molar-refractivity contribution in [2.24, 2.45) is 0 Å². The molecule has 0 N–H and O–H groups in total. The van der Waals surface area contributed by atoms with Gasteiger partial charge in [0.2, 0.25) is 0 Å². The van der Waals surface area contributed by atoms with Gasteiger partial charge in [0.05, 0.1) is 0 Å². The molecule has 0 spiro atoms. The predicted molar refractivity (Wildman–Crippen MR) is 107 cm³/mol. The maximum atomic E-state index is 4.64. The van der Waals surface area contributed by atoms with Gasteiger partial charge in [-0.05, 0) is 43.7 Å². The minimum Gasteiger partial charge on any atom is -0.298 e. The summed E-state index contributed by atoms with van der Waals surface area (Å²) in [6, 6.07) is 23.2. The molecule has 0 fully saturated rings. The standard InChI is InChI=1S/C23H27N3/c1-19-8-6-12-22(24-19)14-16-26(18-21-10-4-3-5-11-21)17-15-23-13-7-9-20(2)25-23/h3-13H,14-18H2,1-2H3. The second-order valence-corrected chi connectivity index (χ2v) is 6.80. The number of hydrogen-bond acceptors (Lipinski definition) is 3.